The average molecular weight is 280 g/mol. The number of aryl methyl sites for hydroxylation is 1. The molecule has 0 aromatic heterocycles. The van der Waals surface area contributed by atoms with Crippen molar-refractivity contribution in [1.29, 1.82) is 0 Å². The number of rotatable bonds is 3. The topological polar surface area (TPSA) is 35.5 Å². The summed E-state index contributed by atoms with van der Waals surface area (Å²) in [6, 6.07) is 15.6. The minimum absolute atomic E-state index is 0.268. The highest BCUT2D eigenvalue weighted by Gasteiger charge is 2.27. The Morgan fingerprint density at radius 3 is 2.19 bits per heavy atom. The van der Waals surface area contributed by atoms with Gasteiger partial charge in [0.25, 0.3) is 0 Å². The summed E-state index contributed by atoms with van der Waals surface area (Å²) in [4.78, 5) is 12.1. The van der Waals surface area contributed by atoms with Crippen molar-refractivity contribution in [2.24, 2.45) is 0 Å². The average Bonchev–Trinajstić information content (AvgIpc) is 2.90. The third-order valence-corrected chi connectivity index (χ3v) is 3.63. The Balaban J connectivity index is 2.07. The molecule has 1 aliphatic rings. The molecule has 0 amide bonds. The second-order valence-electron chi connectivity index (χ2n) is 5.02. The van der Waals surface area contributed by atoms with Crippen LogP contribution in [0.3, 0.4) is 0 Å². The minimum Gasteiger partial charge on any atom is -0.497 e. The lowest BCUT2D eigenvalue weighted by Crippen LogP contribution is -1.98. The molecule has 3 heteroatoms. The molecular weight excluding hydrogens is 264 g/mol. The van der Waals surface area contributed by atoms with Crippen LogP contribution in [0.1, 0.15) is 16.7 Å². The van der Waals surface area contributed by atoms with Gasteiger partial charge in [0.05, 0.1) is 12.7 Å². The first-order chi connectivity index (χ1) is 10.2. The summed E-state index contributed by atoms with van der Waals surface area (Å²) in [5.41, 5.74) is 4.65. The molecule has 0 unspecified atom stereocenters. The summed E-state index contributed by atoms with van der Waals surface area (Å²) in [6.45, 7) is 2.36. The van der Waals surface area contributed by atoms with E-state index in [1.807, 2.05) is 55.5 Å². The first-order valence-corrected chi connectivity index (χ1v) is 6.81. The Labute approximate surface area is 123 Å². The number of methoxy groups -OCH3 is 1. The fraction of sp³-hybridized carbons (Fsp3) is 0.167. The zero-order valence-electron chi connectivity index (χ0n) is 12.1. The molecule has 2 aromatic rings. The van der Waals surface area contributed by atoms with Crippen LogP contribution in [-0.4, -0.2) is 19.7 Å². The summed E-state index contributed by atoms with van der Waals surface area (Å²) in [5, 5.41) is 0. The number of carbonyl (C=O) groups excluding carboxylic acids is 1. The zero-order chi connectivity index (χ0) is 14.8. The predicted molar refractivity (Wildman–Crippen MR) is 81.9 cm³/mol. The van der Waals surface area contributed by atoms with Crippen LogP contribution in [0.4, 0.5) is 0 Å². The molecule has 0 radical (unpaired) electrons. The minimum atomic E-state index is -0.268. The van der Waals surface area contributed by atoms with Crippen LogP contribution in [-0.2, 0) is 9.53 Å². The van der Waals surface area contributed by atoms with E-state index in [1.165, 1.54) is 5.56 Å². The number of hydrogen-bond donors (Lipinski definition) is 0. The van der Waals surface area contributed by atoms with Crippen LogP contribution >= 0.6 is 0 Å². The van der Waals surface area contributed by atoms with Gasteiger partial charge in [0.1, 0.15) is 12.4 Å². The van der Waals surface area contributed by atoms with Crippen molar-refractivity contribution < 1.29 is 14.3 Å². The highest BCUT2D eigenvalue weighted by atomic mass is 16.5. The molecule has 0 spiro atoms. The molecule has 3 nitrogen and oxygen atoms in total. The Bertz CT molecular complexity index is 694. The third kappa shape index (κ3) is 2.55. The molecule has 1 aliphatic heterocycles. The monoisotopic (exact) mass is 280 g/mol. The molecule has 0 bridgehead atoms. The highest BCUT2D eigenvalue weighted by Crippen LogP contribution is 2.33. The normalized spacial score (nSPS) is 14.3. The van der Waals surface area contributed by atoms with Crippen LogP contribution in [0.25, 0.3) is 11.1 Å². The van der Waals surface area contributed by atoms with Gasteiger partial charge in [0.15, 0.2) is 0 Å². The van der Waals surface area contributed by atoms with E-state index in [1.54, 1.807) is 7.11 Å². The number of esters is 1. The summed E-state index contributed by atoms with van der Waals surface area (Å²) in [7, 11) is 1.62. The second kappa shape index (κ2) is 5.44. The molecule has 1 heterocycles. The van der Waals surface area contributed by atoms with Gasteiger partial charge in [-0.3, -0.25) is 0 Å². The zero-order valence-corrected chi connectivity index (χ0v) is 12.1. The number of hydrogen-bond acceptors (Lipinski definition) is 3. The molecule has 0 aliphatic carbocycles. The standard InChI is InChI=1S/C18H16O3/c1-12-3-5-13(6-4-12)16-11-21-18(19)17(16)14-7-9-15(20-2)10-8-14/h3-10H,11H2,1-2H3. The molecule has 0 atom stereocenters. The maximum atomic E-state index is 12.1. The van der Waals surface area contributed by atoms with Gasteiger partial charge in [-0.2, -0.15) is 0 Å². The van der Waals surface area contributed by atoms with Gasteiger partial charge >= 0.3 is 5.97 Å². The van der Waals surface area contributed by atoms with Crippen molar-refractivity contribution >= 4 is 17.1 Å². The molecule has 3 rings (SSSR count). The van der Waals surface area contributed by atoms with Gasteiger partial charge in [0.2, 0.25) is 0 Å². The van der Waals surface area contributed by atoms with Crippen LogP contribution in [0, 0.1) is 6.92 Å². The number of benzene rings is 2. The lowest BCUT2D eigenvalue weighted by Gasteiger charge is -2.06. The lowest BCUT2D eigenvalue weighted by atomic mass is 9.96. The Morgan fingerprint density at radius 1 is 0.952 bits per heavy atom. The van der Waals surface area contributed by atoms with Crippen molar-refractivity contribution in [3.8, 4) is 5.75 Å². The Kier molecular flexibility index (Phi) is 3.48. The van der Waals surface area contributed by atoms with Crippen molar-refractivity contribution in [1.82, 2.24) is 0 Å². The predicted octanol–water partition coefficient (Wildman–Crippen LogP) is 3.47. The molecule has 0 fully saturated rings. The SMILES string of the molecule is COc1ccc(C2=C(c3ccc(C)cc3)COC2=O)cc1. The van der Waals surface area contributed by atoms with Crippen molar-refractivity contribution in [2.75, 3.05) is 13.7 Å². The molecule has 0 N–H and O–H groups in total. The molecule has 106 valence electrons. The number of ether oxygens (including phenoxy) is 2. The first-order valence-electron chi connectivity index (χ1n) is 6.81. The van der Waals surface area contributed by atoms with Crippen LogP contribution in [0.5, 0.6) is 5.75 Å². The summed E-state index contributed by atoms with van der Waals surface area (Å²) < 4.78 is 10.4. The van der Waals surface area contributed by atoms with E-state index in [4.69, 9.17) is 9.47 Å². The van der Waals surface area contributed by atoms with Gasteiger partial charge < -0.3 is 9.47 Å². The summed E-state index contributed by atoms with van der Waals surface area (Å²) in [6.07, 6.45) is 0. The largest absolute Gasteiger partial charge is 0.497 e. The highest BCUT2D eigenvalue weighted by molar-refractivity contribution is 6.27. The maximum Gasteiger partial charge on any atom is 0.339 e. The van der Waals surface area contributed by atoms with Crippen molar-refractivity contribution in [3.05, 3.63) is 65.2 Å². The van der Waals surface area contributed by atoms with E-state index in [0.717, 1.165) is 22.4 Å². The van der Waals surface area contributed by atoms with Gasteiger partial charge in [-0.25, -0.2) is 4.79 Å². The van der Waals surface area contributed by atoms with E-state index >= 15 is 0 Å². The molecule has 2 aromatic carbocycles. The van der Waals surface area contributed by atoms with Crippen LogP contribution in [0.2, 0.25) is 0 Å². The summed E-state index contributed by atoms with van der Waals surface area (Å²) >= 11 is 0. The fourth-order valence-corrected chi connectivity index (χ4v) is 2.44. The Hall–Kier alpha value is -2.55. The Morgan fingerprint density at radius 2 is 1.57 bits per heavy atom. The first kappa shape index (κ1) is 13.4. The van der Waals surface area contributed by atoms with E-state index in [2.05, 4.69) is 0 Å². The number of cyclic esters (lactones) is 1. The molecule has 0 saturated carbocycles. The van der Waals surface area contributed by atoms with E-state index < -0.39 is 0 Å². The van der Waals surface area contributed by atoms with Crippen LogP contribution in [0.15, 0.2) is 48.5 Å². The quantitative estimate of drug-likeness (QED) is 0.808. The van der Waals surface area contributed by atoms with Gasteiger partial charge in [-0.1, -0.05) is 42.0 Å². The maximum absolute atomic E-state index is 12.1. The molecule has 21 heavy (non-hydrogen) atoms. The van der Waals surface area contributed by atoms with E-state index in [9.17, 15) is 4.79 Å². The number of carbonyl (C=O) groups is 1. The van der Waals surface area contributed by atoms with Crippen molar-refractivity contribution in [3.63, 3.8) is 0 Å². The molecule has 0 saturated heterocycles. The lowest BCUT2D eigenvalue weighted by molar-refractivity contribution is -0.133. The summed E-state index contributed by atoms with van der Waals surface area (Å²) in [5.74, 6) is 0.498. The van der Waals surface area contributed by atoms with Crippen molar-refractivity contribution in [2.45, 2.75) is 6.92 Å². The van der Waals surface area contributed by atoms with Crippen LogP contribution < -0.4 is 4.74 Å². The van der Waals surface area contributed by atoms with E-state index in [-0.39, 0.29) is 5.97 Å². The van der Waals surface area contributed by atoms with Gasteiger partial charge in [-0.05, 0) is 30.2 Å². The van der Waals surface area contributed by atoms with Gasteiger partial charge in [0, 0.05) is 5.57 Å². The third-order valence-electron chi connectivity index (χ3n) is 3.63. The second-order valence-corrected chi connectivity index (χ2v) is 5.02. The van der Waals surface area contributed by atoms with E-state index in [0.29, 0.717) is 12.2 Å². The molecular formula is C18H16O3. The fourth-order valence-electron chi connectivity index (χ4n) is 2.44. The van der Waals surface area contributed by atoms with Gasteiger partial charge in [-0.15, -0.1) is 0 Å². The smallest absolute Gasteiger partial charge is 0.339 e.